The third-order valence-corrected chi connectivity index (χ3v) is 8.15. The Morgan fingerprint density at radius 1 is 1.14 bits per heavy atom. The van der Waals surface area contributed by atoms with E-state index < -0.39 is 4.92 Å². The molecule has 3 heterocycles. The van der Waals surface area contributed by atoms with Gasteiger partial charge in [-0.1, -0.05) is 29.8 Å². The molecule has 0 N–H and O–H groups in total. The molecule has 9 heteroatoms. The highest BCUT2D eigenvalue weighted by molar-refractivity contribution is 7.98. The van der Waals surface area contributed by atoms with E-state index >= 15 is 0 Å². The third kappa shape index (κ3) is 5.34. The highest BCUT2D eigenvalue weighted by atomic mass is 35.5. The topological polar surface area (TPSA) is 85.6 Å². The van der Waals surface area contributed by atoms with Gasteiger partial charge in [-0.3, -0.25) is 14.9 Å². The smallest absolute Gasteiger partial charge is 0.287 e. The Morgan fingerprint density at radius 3 is 2.50 bits per heavy atom. The molecule has 0 aliphatic carbocycles. The summed E-state index contributed by atoms with van der Waals surface area (Å²) in [5.74, 6) is 1.46. The Labute approximate surface area is 219 Å². The SMILES string of the molecule is Cc1ccc(Cl)c(OC2C[C@H]3CC[C@@H](C2)N3C(=O)c2ccc(CSc3ccc([N+](=O)[O-])cn3)cc2)c1. The second kappa shape index (κ2) is 10.5. The number of carbonyl (C=O) groups excluding carboxylic acids is 1. The van der Waals surface area contributed by atoms with Gasteiger partial charge in [-0.25, -0.2) is 4.98 Å². The number of aryl methyl sites for hydroxylation is 1. The van der Waals surface area contributed by atoms with Gasteiger partial charge in [-0.05, 0) is 61.2 Å². The number of carbonyl (C=O) groups is 1. The van der Waals surface area contributed by atoms with Crippen molar-refractivity contribution in [1.29, 1.82) is 0 Å². The van der Waals surface area contributed by atoms with Crippen molar-refractivity contribution in [3.8, 4) is 5.75 Å². The number of thioether (sulfide) groups is 1. The molecule has 36 heavy (non-hydrogen) atoms. The van der Waals surface area contributed by atoms with Crippen LogP contribution in [-0.4, -0.2) is 38.9 Å². The number of amides is 1. The van der Waals surface area contributed by atoms with Crippen molar-refractivity contribution in [2.45, 2.75) is 61.6 Å². The molecule has 2 aromatic carbocycles. The number of piperidine rings is 1. The van der Waals surface area contributed by atoms with Crippen molar-refractivity contribution in [3.05, 3.63) is 92.6 Å². The van der Waals surface area contributed by atoms with E-state index in [0.29, 0.717) is 16.3 Å². The molecule has 1 aromatic heterocycles. The van der Waals surface area contributed by atoms with Gasteiger partial charge in [0.05, 0.1) is 15.0 Å². The number of nitrogens with zero attached hydrogens (tertiary/aromatic N) is 3. The number of halogens is 1. The summed E-state index contributed by atoms with van der Waals surface area (Å²) in [6.45, 7) is 2.02. The molecule has 2 aliphatic rings. The molecular weight excluding hydrogens is 498 g/mol. The van der Waals surface area contributed by atoms with E-state index in [4.69, 9.17) is 16.3 Å². The molecule has 2 saturated heterocycles. The van der Waals surface area contributed by atoms with Crippen molar-refractivity contribution in [2.24, 2.45) is 0 Å². The first kappa shape index (κ1) is 24.6. The average molecular weight is 524 g/mol. The molecular formula is C27H26ClN3O4S. The summed E-state index contributed by atoms with van der Waals surface area (Å²) in [6.07, 6.45) is 4.93. The van der Waals surface area contributed by atoms with Crippen molar-refractivity contribution >= 4 is 35.0 Å². The van der Waals surface area contributed by atoms with E-state index in [9.17, 15) is 14.9 Å². The molecule has 7 nitrogen and oxygen atoms in total. The number of hydrogen-bond acceptors (Lipinski definition) is 6. The second-order valence-electron chi connectivity index (χ2n) is 9.34. The maximum Gasteiger partial charge on any atom is 0.287 e. The summed E-state index contributed by atoms with van der Waals surface area (Å²) in [7, 11) is 0. The highest BCUT2D eigenvalue weighted by Gasteiger charge is 2.44. The number of nitro groups is 1. The average Bonchev–Trinajstić information content (AvgIpc) is 3.15. The van der Waals surface area contributed by atoms with Gasteiger partial charge in [0.2, 0.25) is 0 Å². The minimum absolute atomic E-state index is 0.0225. The summed E-state index contributed by atoms with van der Waals surface area (Å²) in [5.41, 5.74) is 2.83. The van der Waals surface area contributed by atoms with Crippen molar-refractivity contribution in [1.82, 2.24) is 9.88 Å². The number of pyridine rings is 1. The lowest BCUT2D eigenvalue weighted by atomic mass is 9.98. The quantitative estimate of drug-likeness (QED) is 0.201. The summed E-state index contributed by atoms with van der Waals surface area (Å²) in [4.78, 5) is 29.9. The van der Waals surface area contributed by atoms with E-state index in [1.807, 2.05) is 49.4 Å². The summed E-state index contributed by atoms with van der Waals surface area (Å²) in [6, 6.07) is 17.0. The normalized spacial score (nSPS) is 20.8. The zero-order valence-corrected chi connectivity index (χ0v) is 21.4. The highest BCUT2D eigenvalue weighted by Crippen LogP contribution is 2.39. The molecule has 2 fully saturated rings. The van der Waals surface area contributed by atoms with Crippen molar-refractivity contribution in [3.63, 3.8) is 0 Å². The number of fused-ring (bicyclic) bond motifs is 2. The van der Waals surface area contributed by atoms with Gasteiger partial charge < -0.3 is 9.64 Å². The Kier molecular flexibility index (Phi) is 7.16. The Morgan fingerprint density at radius 2 is 1.86 bits per heavy atom. The Bertz CT molecular complexity index is 1260. The zero-order chi connectivity index (χ0) is 25.2. The van der Waals surface area contributed by atoms with Gasteiger partial charge in [0.1, 0.15) is 18.1 Å². The first-order valence-corrected chi connectivity index (χ1v) is 13.3. The first-order chi connectivity index (χ1) is 17.4. The van der Waals surface area contributed by atoms with Crippen LogP contribution in [0.4, 0.5) is 5.69 Å². The number of ether oxygens (including phenoxy) is 1. The first-order valence-electron chi connectivity index (χ1n) is 11.9. The van der Waals surface area contributed by atoms with Crippen LogP contribution in [0, 0.1) is 17.0 Å². The molecule has 0 saturated carbocycles. The van der Waals surface area contributed by atoms with Crippen LogP contribution < -0.4 is 4.74 Å². The van der Waals surface area contributed by atoms with Crippen molar-refractivity contribution < 1.29 is 14.5 Å². The number of rotatable bonds is 7. The minimum Gasteiger partial charge on any atom is -0.489 e. The molecule has 1 amide bonds. The van der Waals surface area contributed by atoms with Gasteiger partial charge in [0.25, 0.3) is 11.6 Å². The van der Waals surface area contributed by atoms with Crippen LogP contribution in [0.3, 0.4) is 0 Å². The van der Waals surface area contributed by atoms with Crippen LogP contribution in [-0.2, 0) is 5.75 Å². The fourth-order valence-corrected chi connectivity index (χ4v) is 6.01. The summed E-state index contributed by atoms with van der Waals surface area (Å²) < 4.78 is 6.27. The van der Waals surface area contributed by atoms with Gasteiger partial charge in [0.15, 0.2) is 0 Å². The van der Waals surface area contributed by atoms with Gasteiger partial charge >= 0.3 is 0 Å². The van der Waals surface area contributed by atoms with E-state index in [1.54, 1.807) is 6.07 Å². The molecule has 1 unspecified atom stereocenters. The lowest BCUT2D eigenvalue weighted by Gasteiger charge is -2.39. The predicted octanol–water partition coefficient (Wildman–Crippen LogP) is 6.46. The molecule has 2 aliphatic heterocycles. The number of aromatic nitrogens is 1. The largest absolute Gasteiger partial charge is 0.489 e. The standard InChI is InChI=1S/C27H26ClN3O4S/c1-17-2-10-24(28)25(12-17)35-23-13-20-7-8-21(14-23)30(20)27(32)19-5-3-18(4-6-19)16-36-26-11-9-22(15-29-26)31(33)34/h2-6,9-12,15,20-21,23H,7-8,13-14,16H2,1H3/t20-,21+,23?. The molecule has 2 bridgehead atoms. The lowest BCUT2D eigenvalue weighted by Crippen LogP contribution is -2.49. The molecule has 3 atom stereocenters. The van der Waals surface area contributed by atoms with Gasteiger partial charge in [-0.2, -0.15) is 0 Å². The Balaban J connectivity index is 1.19. The third-order valence-electron chi connectivity index (χ3n) is 6.82. The monoisotopic (exact) mass is 523 g/mol. The van der Waals surface area contributed by atoms with Crippen LogP contribution in [0.1, 0.15) is 47.2 Å². The maximum absolute atomic E-state index is 13.4. The molecule has 3 aromatic rings. The predicted molar refractivity (Wildman–Crippen MR) is 140 cm³/mol. The number of hydrogen-bond donors (Lipinski definition) is 0. The van der Waals surface area contributed by atoms with Crippen LogP contribution >= 0.6 is 23.4 Å². The molecule has 0 spiro atoms. The van der Waals surface area contributed by atoms with Crippen LogP contribution in [0.15, 0.2) is 65.8 Å². The summed E-state index contributed by atoms with van der Waals surface area (Å²) in [5, 5.41) is 12.1. The van der Waals surface area contributed by atoms with Gasteiger partial charge in [-0.15, -0.1) is 11.8 Å². The molecule has 5 rings (SSSR count). The van der Waals surface area contributed by atoms with E-state index in [2.05, 4.69) is 9.88 Å². The van der Waals surface area contributed by atoms with E-state index in [1.165, 1.54) is 24.0 Å². The van der Waals surface area contributed by atoms with Crippen LogP contribution in [0.25, 0.3) is 0 Å². The maximum atomic E-state index is 13.4. The van der Waals surface area contributed by atoms with E-state index in [0.717, 1.165) is 47.6 Å². The van der Waals surface area contributed by atoms with Crippen LogP contribution in [0.2, 0.25) is 5.02 Å². The summed E-state index contributed by atoms with van der Waals surface area (Å²) >= 11 is 7.83. The zero-order valence-electron chi connectivity index (χ0n) is 19.8. The fraction of sp³-hybridized carbons (Fsp3) is 0.333. The second-order valence-corrected chi connectivity index (χ2v) is 10.7. The van der Waals surface area contributed by atoms with Crippen molar-refractivity contribution in [2.75, 3.05) is 0 Å². The lowest BCUT2D eigenvalue weighted by molar-refractivity contribution is -0.385. The number of benzene rings is 2. The Hall–Kier alpha value is -3.10. The molecule has 186 valence electrons. The van der Waals surface area contributed by atoms with E-state index in [-0.39, 0.29) is 29.8 Å². The van der Waals surface area contributed by atoms with Gasteiger partial charge in [0, 0.05) is 42.3 Å². The molecule has 0 radical (unpaired) electrons. The minimum atomic E-state index is -0.460. The fourth-order valence-electron chi connectivity index (χ4n) is 5.05. The van der Waals surface area contributed by atoms with Crippen LogP contribution in [0.5, 0.6) is 5.75 Å².